The van der Waals surface area contributed by atoms with E-state index in [1.807, 2.05) is 0 Å². The molecule has 1 fully saturated rings. The minimum atomic E-state index is -0.496. The van der Waals surface area contributed by atoms with Crippen molar-refractivity contribution in [2.75, 3.05) is 6.54 Å². The predicted molar refractivity (Wildman–Crippen MR) is 45.3 cm³/mol. The second-order valence-corrected chi connectivity index (χ2v) is 3.11. The van der Waals surface area contributed by atoms with E-state index in [-0.39, 0.29) is 6.10 Å². The van der Waals surface area contributed by atoms with Gasteiger partial charge in [-0.1, -0.05) is 0 Å². The van der Waals surface area contributed by atoms with Crippen LogP contribution < -0.4 is 5.32 Å². The number of tetrazole rings is 1. The van der Waals surface area contributed by atoms with Crippen LogP contribution >= 0.6 is 0 Å². The fourth-order valence-corrected chi connectivity index (χ4v) is 1.32. The quantitative estimate of drug-likeness (QED) is 0.593. The first kappa shape index (κ1) is 9.22. The third-order valence-electron chi connectivity index (χ3n) is 1.93. The maximum atomic E-state index is 10.4. The predicted octanol–water partition coefficient (Wildman–Crippen LogP) is -1.51. The van der Waals surface area contributed by atoms with Crippen molar-refractivity contribution in [2.24, 2.45) is 0 Å². The van der Waals surface area contributed by atoms with E-state index in [9.17, 15) is 4.79 Å². The lowest BCUT2D eigenvalue weighted by atomic mass is 10.4. The summed E-state index contributed by atoms with van der Waals surface area (Å²) in [6.45, 7) is 2.91. The lowest BCUT2D eigenvalue weighted by Gasteiger charge is -2.06. The molecule has 1 aliphatic heterocycles. The molecule has 7 heteroatoms. The lowest BCUT2D eigenvalue weighted by molar-refractivity contribution is -0.118. The maximum absolute atomic E-state index is 10.4. The number of aldehydes is 1. The molecule has 0 saturated carbocycles. The van der Waals surface area contributed by atoms with E-state index in [2.05, 4.69) is 20.7 Å². The van der Waals surface area contributed by atoms with Gasteiger partial charge >= 0.3 is 0 Å². The molecule has 1 N–H and O–H groups in total. The van der Waals surface area contributed by atoms with Crippen LogP contribution in [0.25, 0.3) is 0 Å². The number of carbonyl (C=O) groups is 1. The minimum Gasteiger partial charge on any atom is -0.350 e. The van der Waals surface area contributed by atoms with Crippen LogP contribution in [0.3, 0.4) is 0 Å². The Kier molecular flexibility index (Phi) is 2.51. The van der Waals surface area contributed by atoms with Crippen LogP contribution in [-0.2, 0) is 16.1 Å². The first-order valence-corrected chi connectivity index (χ1v) is 4.36. The maximum Gasteiger partial charge on any atom is 0.171 e. The zero-order chi connectivity index (χ0) is 9.97. The largest absolute Gasteiger partial charge is 0.350 e. The van der Waals surface area contributed by atoms with Crippen molar-refractivity contribution in [3.8, 4) is 0 Å². The van der Waals surface area contributed by atoms with Gasteiger partial charge in [0.25, 0.3) is 0 Å². The third kappa shape index (κ3) is 1.94. The molecule has 76 valence electrons. The molecule has 0 amide bonds. The minimum absolute atomic E-state index is 0.0706. The van der Waals surface area contributed by atoms with Gasteiger partial charge in [0.1, 0.15) is 0 Å². The first-order chi connectivity index (χ1) is 6.78. The molecule has 0 bridgehead atoms. The highest BCUT2D eigenvalue weighted by Crippen LogP contribution is 2.04. The average molecular weight is 197 g/mol. The van der Waals surface area contributed by atoms with Crippen LogP contribution in [0.15, 0.2) is 0 Å². The molecule has 1 aliphatic rings. The number of rotatable bonds is 3. The van der Waals surface area contributed by atoms with E-state index in [1.54, 1.807) is 6.92 Å². The summed E-state index contributed by atoms with van der Waals surface area (Å²) in [4.78, 5) is 11.8. The number of aromatic nitrogens is 4. The van der Waals surface area contributed by atoms with Gasteiger partial charge < -0.3 is 4.74 Å². The van der Waals surface area contributed by atoms with E-state index in [4.69, 9.17) is 4.74 Å². The van der Waals surface area contributed by atoms with Crippen LogP contribution in [0, 0.1) is 6.92 Å². The average Bonchev–Trinajstić information content (AvgIpc) is 2.76. The fraction of sp³-hybridized carbons (Fsp3) is 0.714. The number of hydrogen-bond acceptors (Lipinski definition) is 6. The molecule has 0 radical (unpaired) electrons. The Hall–Kier alpha value is -1.34. The van der Waals surface area contributed by atoms with Gasteiger partial charge in [0.15, 0.2) is 18.3 Å². The number of aryl methyl sites for hydroxylation is 1. The summed E-state index contributed by atoms with van der Waals surface area (Å²) >= 11 is 0. The van der Waals surface area contributed by atoms with E-state index in [0.29, 0.717) is 18.9 Å². The first-order valence-electron chi connectivity index (χ1n) is 4.36. The van der Waals surface area contributed by atoms with Crippen LogP contribution in [0.1, 0.15) is 5.82 Å². The number of carbonyl (C=O) groups excluding carboxylic acids is 1. The summed E-state index contributed by atoms with van der Waals surface area (Å²) in [5, 5.41) is 14.5. The van der Waals surface area contributed by atoms with Crippen molar-refractivity contribution < 1.29 is 9.53 Å². The van der Waals surface area contributed by atoms with Crippen LogP contribution in [0.5, 0.6) is 0 Å². The van der Waals surface area contributed by atoms with Crippen molar-refractivity contribution in [2.45, 2.75) is 25.8 Å². The van der Waals surface area contributed by atoms with E-state index in [1.165, 1.54) is 4.80 Å². The number of ether oxygens (including phenoxy) is 1. The molecule has 7 nitrogen and oxygen atoms in total. The molecule has 2 rings (SSSR count). The zero-order valence-electron chi connectivity index (χ0n) is 7.75. The topological polar surface area (TPSA) is 81.9 Å². The molecule has 0 spiro atoms. The van der Waals surface area contributed by atoms with Gasteiger partial charge in [-0.25, -0.2) is 0 Å². The smallest absolute Gasteiger partial charge is 0.171 e. The van der Waals surface area contributed by atoms with Crippen LogP contribution in [0.4, 0.5) is 0 Å². The molecule has 1 aromatic heterocycles. The molecule has 0 aromatic carbocycles. The highest BCUT2D eigenvalue weighted by atomic mass is 16.5. The van der Waals surface area contributed by atoms with Gasteiger partial charge in [-0.15, -0.1) is 10.2 Å². The fourth-order valence-electron chi connectivity index (χ4n) is 1.32. The van der Waals surface area contributed by atoms with Gasteiger partial charge in [0, 0.05) is 6.54 Å². The van der Waals surface area contributed by atoms with Crippen LogP contribution in [-0.4, -0.2) is 45.4 Å². The summed E-state index contributed by atoms with van der Waals surface area (Å²) in [7, 11) is 0. The van der Waals surface area contributed by atoms with Crippen molar-refractivity contribution >= 4 is 6.29 Å². The van der Waals surface area contributed by atoms with Gasteiger partial charge in [-0.2, -0.15) is 4.80 Å². The Morgan fingerprint density at radius 1 is 1.79 bits per heavy atom. The van der Waals surface area contributed by atoms with E-state index >= 15 is 0 Å². The highest BCUT2D eigenvalue weighted by Gasteiger charge is 2.24. The van der Waals surface area contributed by atoms with Gasteiger partial charge in [0.05, 0.1) is 12.6 Å². The van der Waals surface area contributed by atoms with Gasteiger partial charge in [0.2, 0.25) is 0 Å². The van der Waals surface area contributed by atoms with E-state index in [0.717, 1.165) is 6.29 Å². The van der Waals surface area contributed by atoms with Gasteiger partial charge in [-0.05, 0) is 12.1 Å². The second-order valence-electron chi connectivity index (χ2n) is 3.11. The molecule has 2 atom stereocenters. The second kappa shape index (κ2) is 3.81. The molecule has 2 unspecified atom stereocenters. The van der Waals surface area contributed by atoms with Crippen LogP contribution in [0.2, 0.25) is 0 Å². The highest BCUT2D eigenvalue weighted by molar-refractivity contribution is 5.55. The number of nitrogens with one attached hydrogen (secondary N) is 1. The molecule has 0 aliphatic carbocycles. The molecule has 14 heavy (non-hydrogen) atoms. The Labute approximate surface area is 80.4 Å². The van der Waals surface area contributed by atoms with E-state index < -0.39 is 6.23 Å². The number of hydrogen-bond donors (Lipinski definition) is 1. The molecule has 1 aromatic rings. The summed E-state index contributed by atoms with van der Waals surface area (Å²) in [6.07, 6.45) is 0.170. The Morgan fingerprint density at radius 2 is 2.64 bits per heavy atom. The monoisotopic (exact) mass is 197 g/mol. The number of nitrogens with zero attached hydrogens (tertiary/aromatic N) is 4. The van der Waals surface area contributed by atoms with Crippen molar-refractivity contribution in [3.05, 3.63) is 5.82 Å². The SMILES string of the molecule is Cc1nnn(CC2CNC(C=O)O2)n1. The molecule has 2 heterocycles. The summed E-state index contributed by atoms with van der Waals surface area (Å²) in [6, 6.07) is 0. The van der Waals surface area contributed by atoms with Crippen molar-refractivity contribution in [1.29, 1.82) is 0 Å². The van der Waals surface area contributed by atoms with Crippen molar-refractivity contribution in [3.63, 3.8) is 0 Å². The Morgan fingerprint density at radius 3 is 3.21 bits per heavy atom. The summed E-state index contributed by atoms with van der Waals surface area (Å²) in [5.74, 6) is 0.628. The summed E-state index contributed by atoms with van der Waals surface area (Å²) < 4.78 is 5.32. The third-order valence-corrected chi connectivity index (χ3v) is 1.93. The molecular formula is C7H11N5O2. The standard InChI is InChI=1S/C7H11N5O2/c1-5-9-11-12(10-5)3-6-2-8-7(4-13)14-6/h4,6-8H,2-3H2,1H3. The Balaban J connectivity index is 1.90. The van der Waals surface area contributed by atoms with Crippen molar-refractivity contribution in [1.82, 2.24) is 25.5 Å². The zero-order valence-corrected chi connectivity index (χ0v) is 7.75. The Bertz CT molecular complexity index is 326. The van der Waals surface area contributed by atoms with Gasteiger partial charge in [-0.3, -0.25) is 10.1 Å². The molecule has 1 saturated heterocycles. The lowest BCUT2D eigenvalue weighted by Crippen LogP contribution is -2.23. The molecular weight excluding hydrogens is 186 g/mol. The summed E-state index contributed by atoms with van der Waals surface area (Å²) in [5.41, 5.74) is 0. The normalized spacial score (nSPS) is 26.6.